The molecule has 6 rings (SSSR count). The minimum atomic E-state index is 0.731. The second-order valence-electron chi connectivity index (χ2n) is 9.55. The summed E-state index contributed by atoms with van der Waals surface area (Å²) in [6.07, 6.45) is 2.60. The topological polar surface area (TPSA) is 36.3 Å². The molecular weight excluding hydrogens is 492 g/mol. The predicted molar refractivity (Wildman–Crippen MR) is 162 cm³/mol. The smallest absolute Gasteiger partial charge is 0.119 e. The van der Waals surface area contributed by atoms with Crippen molar-refractivity contribution in [3.05, 3.63) is 145 Å². The first kappa shape index (κ1) is 25.2. The van der Waals surface area contributed by atoms with Crippen molar-refractivity contribution in [2.75, 3.05) is 14.2 Å². The number of ether oxygens (including phenoxy) is 2. The summed E-state index contributed by atoms with van der Waals surface area (Å²) in [4.78, 5) is 4.88. The predicted octanol–water partition coefficient (Wildman–Crippen LogP) is 8.48. The molecule has 4 heteroatoms. The van der Waals surface area contributed by atoms with Crippen molar-refractivity contribution < 1.29 is 9.47 Å². The summed E-state index contributed by atoms with van der Waals surface area (Å²) in [6, 6.07) is 43.9. The molecule has 0 radical (unpaired) electrons. The summed E-state index contributed by atoms with van der Waals surface area (Å²) < 4.78 is 13.4. The summed E-state index contributed by atoms with van der Waals surface area (Å²) in [7, 11) is 3.39. The summed E-state index contributed by atoms with van der Waals surface area (Å²) in [5.74, 6) is 1.64. The number of pyridine rings is 1. The molecule has 0 unspecified atom stereocenters. The van der Waals surface area contributed by atoms with Crippen LogP contribution < -0.4 is 9.47 Å². The molecule has 0 aliphatic rings. The van der Waals surface area contributed by atoms with E-state index in [0.29, 0.717) is 0 Å². The van der Waals surface area contributed by atoms with E-state index in [-0.39, 0.29) is 0 Å². The molecule has 0 aliphatic carbocycles. The Hall–Kier alpha value is -5.09. The van der Waals surface area contributed by atoms with E-state index in [1.54, 1.807) is 14.2 Å². The van der Waals surface area contributed by atoms with Gasteiger partial charge in [-0.3, -0.25) is 4.98 Å². The largest absolute Gasteiger partial charge is 0.497 e. The number of rotatable bonds is 8. The van der Waals surface area contributed by atoms with Crippen LogP contribution in [0.3, 0.4) is 0 Å². The number of hydrogen-bond acceptors (Lipinski definition) is 3. The molecule has 0 amide bonds. The van der Waals surface area contributed by atoms with Gasteiger partial charge in [-0.1, -0.05) is 66.7 Å². The molecule has 0 saturated heterocycles. The van der Waals surface area contributed by atoms with Crippen molar-refractivity contribution >= 4 is 0 Å². The van der Waals surface area contributed by atoms with E-state index in [0.717, 1.165) is 57.2 Å². The molecule has 0 saturated carbocycles. The molecule has 6 aromatic rings. The highest BCUT2D eigenvalue weighted by atomic mass is 16.5. The fourth-order valence-electron chi connectivity index (χ4n) is 5.29. The number of methoxy groups -OCH3 is 2. The van der Waals surface area contributed by atoms with Crippen molar-refractivity contribution in [1.82, 2.24) is 9.55 Å². The molecule has 0 aliphatic heterocycles. The normalized spacial score (nSPS) is 10.8. The fraction of sp³-hybridized carbons (Fsp3) is 0.0833. The Morgan fingerprint density at radius 3 is 1.77 bits per heavy atom. The first-order valence-electron chi connectivity index (χ1n) is 13.3. The molecule has 0 N–H and O–H groups in total. The van der Waals surface area contributed by atoms with Crippen LogP contribution in [0.2, 0.25) is 0 Å². The second-order valence-corrected chi connectivity index (χ2v) is 9.55. The zero-order valence-corrected chi connectivity index (χ0v) is 22.6. The highest BCUT2D eigenvalue weighted by Crippen LogP contribution is 2.46. The average molecular weight is 523 g/mol. The van der Waals surface area contributed by atoms with Crippen LogP contribution >= 0.6 is 0 Å². The molecule has 4 aromatic carbocycles. The van der Waals surface area contributed by atoms with Gasteiger partial charge in [-0.2, -0.15) is 0 Å². The maximum absolute atomic E-state index is 5.51. The first-order valence-corrected chi connectivity index (χ1v) is 13.3. The quantitative estimate of drug-likeness (QED) is 0.201. The van der Waals surface area contributed by atoms with Gasteiger partial charge >= 0.3 is 0 Å². The zero-order chi connectivity index (χ0) is 27.3. The van der Waals surface area contributed by atoms with Crippen LogP contribution in [0.5, 0.6) is 11.5 Å². The average Bonchev–Trinajstić information content (AvgIpc) is 3.37. The van der Waals surface area contributed by atoms with Crippen LogP contribution in [0.1, 0.15) is 11.3 Å². The van der Waals surface area contributed by atoms with Crippen LogP contribution in [0.4, 0.5) is 0 Å². The molecule has 0 bridgehead atoms. The third-order valence-corrected chi connectivity index (χ3v) is 7.16. The van der Waals surface area contributed by atoms with Crippen LogP contribution in [0.15, 0.2) is 134 Å². The molecule has 196 valence electrons. The van der Waals surface area contributed by atoms with E-state index in [1.165, 1.54) is 11.3 Å². The minimum Gasteiger partial charge on any atom is -0.497 e. The molecule has 0 spiro atoms. The van der Waals surface area contributed by atoms with E-state index < -0.39 is 0 Å². The van der Waals surface area contributed by atoms with Gasteiger partial charge in [-0.05, 0) is 77.4 Å². The zero-order valence-electron chi connectivity index (χ0n) is 22.6. The van der Waals surface area contributed by atoms with Gasteiger partial charge in [0.05, 0.1) is 25.6 Å². The van der Waals surface area contributed by atoms with Gasteiger partial charge in [-0.25, -0.2) is 0 Å². The van der Waals surface area contributed by atoms with Gasteiger partial charge in [0.1, 0.15) is 11.5 Å². The van der Waals surface area contributed by atoms with Gasteiger partial charge in [-0.15, -0.1) is 0 Å². The summed E-state index contributed by atoms with van der Waals surface area (Å²) in [5.41, 5.74) is 9.98. The highest BCUT2D eigenvalue weighted by Gasteiger charge is 2.27. The van der Waals surface area contributed by atoms with E-state index in [1.807, 2.05) is 36.5 Å². The number of aromatic nitrogens is 2. The maximum Gasteiger partial charge on any atom is 0.119 e. The number of hydrogen-bond donors (Lipinski definition) is 0. The lowest BCUT2D eigenvalue weighted by Crippen LogP contribution is -2.04. The van der Waals surface area contributed by atoms with Crippen molar-refractivity contribution in [1.29, 1.82) is 0 Å². The Morgan fingerprint density at radius 2 is 1.18 bits per heavy atom. The van der Waals surface area contributed by atoms with Crippen molar-refractivity contribution in [2.24, 2.45) is 0 Å². The lowest BCUT2D eigenvalue weighted by molar-refractivity contribution is 0.414. The summed E-state index contributed by atoms with van der Waals surface area (Å²) >= 11 is 0. The molecular formula is C36H30N2O2. The van der Waals surface area contributed by atoms with Crippen LogP contribution in [0.25, 0.3) is 39.3 Å². The lowest BCUT2D eigenvalue weighted by Gasteiger charge is -2.16. The number of nitrogens with zero attached hydrogens (tertiary/aromatic N) is 2. The Balaban J connectivity index is 1.76. The van der Waals surface area contributed by atoms with Gasteiger partial charge in [0.25, 0.3) is 0 Å². The first-order chi connectivity index (χ1) is 19.8. The monoisotopic (exact) mass is 522 g/mol. The Bertz CT molecular complexity index is 1690. The van der Waals surface area contributed by atoms with Gasteiger partial charge in [0, 0.05) is 35.1 Å². The van der Waals surface area contributed by atoms with E-state index in [2.05, 4.69) is 102 Å². The molecule has 0 atom stereocenters. The summed E-state index contributed by atoms with van der Waals surface area (Å²) in [6.45, 7) is 0. The maximum atomic E-state index is 5.51. The third kappa shape index (κ3) is 4.87. The number of benzene rings is 4. The van der Waals surface area contributed by atoms with E-state index >= 15 is 0 Å². The molecule has 2 aromatic heterocycles. The highest BCUT2D eigenvalue weighted by molar-refractivity contribution is 5.96. The van der Waals surface area contributed by atoms with Crippen molar-refractivity contribution in [3.8, 4) is 50.8 Å². The molecule has 40 heavy (non-hydrogen) atoms. The Labute approximate surface area is 235 Å². The standard InChI is InChI=1S/C36H30N2O2/c1-39-30-20-16-28(17-21-30)36-34(27-13-7-4-8-14-27)35(32-15-9-10-24-37-32)33(25-26-11-5-3-6-12-26)38(36)29-18-22-31(40-2)23-19-29/h3-24H,25H2,1-2H3. The van der Waals surface area contributed by atoms with Crippen molar-refractivity contribution in [2.45, 2.75) is 6.42 Å². The molecule has 2 heterocycles. The van der Waals surface area contributed by atoms with E-state index in [4.69, 9.17) is 14.5 Å². The SMILES string of the molecule is COc1ccc(-c2c(-c3ccccc3)c(-c3ccccn3)c(Cc3ccccc3)n2-c2ccc(OC)cc2)cc1. The van der Waals surface area contributed by atoms with Crippen LogP contribution in [-0.2, 0) is 6.42 Å². The van der Waals surface area contributed by atoms with Gasteiger partial charge < -0.3 is 14.0 Å². The Kier molecular flexibility index (Phi) is 7.14. The molecule has 0 fully saturated rings. The fourth-order valence-corrected chi connectivity index (χ4v) is 5.29. The third-order valence-electron chi connectivity index (χ3n) is 7.16. The van der Waals surface area contributed by atoms with Gasteiger partial charge in [0.2, 0.25) is 0 Å². The minimum absolute atomic E-state index is 0.731. The summed E-state index contributed by atoms with van der Waals surface area (Å²) in [5, 5.41) is 0. The van der Waals surface area contributed by atoms with Gasteiger partial charge in [0.15, 0.2) is 0 Å². The molecule has 4 nitrogen and oxygen atoms in total. The van der Waals surface area contributed by atoms with Crippen molar-refractivity contribution in [3.63, 3.8) is 0 Å². The van der Waals surface area contributed by atoms with E-state index in [9.17, 15) is 0 Å². The Morgan fingerprint density at radius 1 is 0.575 bits per heavy atom. The van der Waals surface area contributed by atoms with Crippen LogP contribution in [-0.4, -0.2) is 23.8 Å². The lowest BCUT2D eigenvalue weighted by atomic mass is 9.94. The second kappa shape index (κ2) is 11.3. The van der Waals surface area contributed by atoms with Crippen LogP contribution in [0, 0.1) is 0 Å².